The summed E-state index contributed by atoms with van der Waals surface area (Å²) in [6, 6.07) is 8.96. The van der Waals surface area contributed by atoms with Crippen molar-refractivity contribution >= 4 is 74.1 Å². The molecular formula is C21H21ClFN3NaO6S. The van der Waals surface area contributed by atoms with Crippen LogP contribution < -0.4 is 19.8 Å². The van der Waals surface area contributed by atoms with Gasteiger partial charge in [0.1, 0.15) is 12.3 Å². The molecule has 0 unspecified atom stereocenters. The van der Waals surface area contributed by atoms with Crippen molar-refractivity contribution < 1.29 is 26.8 Å². The quantitative estimate of drug-likeness (QED) is 0.365. The number of fused-ring (bicyclic) bond motifs is 1. The molecule has 177 valence electrons. The number of rotatable bonds is 7. The maximum atomic E-state index is 14.1. The fraction of sp³-hybridized carbons (Fsp3) is 0.238. The number of benzene rings is 2. The molecule has 9 nitrogen and oxygen atoms in total. The predicted molar refractivity (Wildman–Crippen MR) is 129 cm³/mol. The van der Waals surface area contributed by atoms with E-state index in [0.29, 0.717) is 5.56 Å². The van der Waals surface area contributed by atoms with Crippen LogP contribution >= 0.6 is 11.6 Å². The Balaban J connectivity index is 0.00000408. The summed E-state index contributed by atoms with van der Waals surface area (Å²) in [5.41, 5.74) is 0.198. The zero-order valence-corrected chi connectivity index (χ0v) is 22.5. The molecular weight excluding hydrogens is 500 g/mol. The van der Waals surface area contributed by atoms with Gasteiger partial charge in [0.05, 0.1) is 10.7 Å². The van der Waals surface area contributed by atoms with E-state index in [4.69, 9.17) is 20.8 Å². The number of hydrogen-bond donors (Lipinski definition) is 2. The molecule has 13 heteroatoms. The Morgan fingerprint density at radius 1 is 1.21 bits per heavy atom. The van der Waals surface area contributed by atoms with Gasteiger partial charge in [0.2, 0.25) is 0 Å². The van der Waals surface area contributed by atoms with Gasteiger partial charge < -0.3 is 14.1 Å². The van der Waals surface area contributed by atoms with Crippen LogP contribution in [0.15, 0.2) is 45.6 Å². The maximum absolute atomic E-state index is 14.1. The minimum absolute atomic E-state index is 0. The van der Waals surface area contributed by atoms with Crippen LogP contribution in [0.25, 0.3) is 11.0 Å². The normalized spacial score (nSPS) is 11.1. The van der Waals surface area contributed by atoms with Gasteiger partial charge in [0.15, 0.2) is 5.75 Å². The summed E-state index contributed by atoms with van der Waals surface area (Å²) < 4.78 is 52.5. The van der Waals surface area contributed by atoms with Gasteiger partial charge in [-0.1, -0.05) is 23.7 Å². The first-order valence-corrected chi connectivity index (χ1v) is 11.4. The first-order chi connectivity index (χ1) is 15.5. The fourth-order valence-electron chi connectivity index (χ4n) is 3.05. The largest absolute Gasteiger partial charge is 0.422 e. The molecule has 0 saturated carbocycles. The third-order valence-corrected chi connectivity index (χ3v) is 6.03. The topological polar surface area (TPSA) is 118 Å². The van der Waals surface area contributed by atoms with Gasteiger partial charge in [0, 0.05) is 79.7 Å². The van der Waals surface area contributed by atoms with E-state index in [1.807, 2.05) is 0 Å². The molecule has 2 aromatic carbocycles. The van der Waals surface area contributed by atoms with Gasteiger partial charge in [-0.2, -0.15) is 8.42 Å². The molecule has 3 rings (SSSR count). The summed E-state index contributed by atoms with van der Waals surface area (Å²) >= 11 is 6.22. The molecule has 0 bridgehead atoms. The number of carbonyl (C=O) groups excluding carboxylic acids is 1. The van der Waals surface area contributed by atoms with Crippen LogP contribution in [0.4, 0.5) is 14.9 Å². The number of hydrogen-bond acceptors (Lipinski definition) is 6. The molecule has 2 N–H and O–H groups in total. The van der Waals surface area contributed by atoms with Crippen LogP contribution in [0, 0.1) is 0 Å². The molecule has 1 heterocycles. The molecule has 0 fully saturated rings. The van der Waals surface area contributed by atoms with Crippen LogP contribution in [0.5, 0.6) is 5.75 Å². The zero-order chi connectivity index (χ0) is 24.3. The molecule has 1 aromatic heterocycles. The average Bonchev–Trinajstić information content (AvgIpc) is 2.75. The first kappa shape index (κ1) is 28.1. The molecule has 0 spiro atoms. The Labute approximate surface area is 222 Å². The molecule has 0 aliphatic carbocycles. The van der Waals surface area contributed by atoms with E-state index in [1.165, 1.54) is 50.3 Å². The predicted octanol–water partition coefficient (Wildman–Crippen LogP) is 3.06. The minimum Gasteiger partial charge on any atom is -0.422 e. The summed E-state index contributed by atoms with van der Waals surface area (Å²) in [4.78, 5) is 25.7. The molecule has 1 amide bonds. The van der Waals surface area contributed by atoms with Crippen LogP contribution in [0.2, 0.25) is 5.02 Å². The van der Waals surface area contributed by atoms with Crippen LogP contribution in [0.3, 0.4) is 0 Å². The molecule has 0 atom stereocenters. The first-order valence-electron chi connectivity index (χ1n) is 9.58. The van der Waals surface area contributed by atoms with Crippen molar-refractivity contribution in [3.05, 3.63) is 68.5 Å². The molecule has 3 aromatic rings. The summed E-state index contributed by atoms with van der Waals surface area (Å²) in [6.07, 6.45) is -0.698. The van der Waals surface area contributed by atoms with Crippen LogP contribution in [-0.4, -0.2) is 70.1 Å². The molecule has 0 aliphatic heterocycles. The third kappa shape index (κ3) is 6.49. The summed E-state index contributed by atoms with van der Waals surface area (Å²) in [6.45, 7) is -0.976. The van der Waals surface area contributed by atoms with Gasteiger partial charge in [-0.05, 0) is 23.8 Å². The van der Waals surface area contributed by atoms with Gasteiger partial charge in [0.25, 0.3) is 10.2 Å². The van der Waals surface area contributed by atoms with E-state index in [-0.39, 0.29) is 74.5 Å². The number of carbonyl (C=O) groups is 1. The SMILES string of the molecule is CNS(=O)(=O)Nc1cccc(Cc2c(CF)c3cc(Cl)c(OC(=O)N(C)C)cc3oc2=O)c1.[Na]. The second-order valence-electron chi connectivity index (χ2n) is 7.21. The van der Waals surface area contributed by atoms with Crippen LogP contribution in [0.1, 0.15) is 16.7 Å². The number of alkyl halides is 1. The van der Waals surface area contributed by atoms with Crippen molar-refractivity contribution in [1.29, 1.82) is 0 Å². The second-order valence-corrected chi connectivity index (χ2v) is 9.23. The van der Waals surface area contributed by atoms with E-state index < -0.39 is 28.6 Å². The van der Waals surface area contributed by atoms with Gasteiger partial charge in [-0.25, -0.2) is 18.7 Å². The summed E-state index contributed by atoms with van der Waals surface area (Å²) in [7, 11) is 0.512. The number of amides is 1. The van der Waals surface area contributed by atoms with Crippen LogP contribution in [-0.2, 0) is 23.3 Å². The van der Waals surface area contributed by atoms with Gasteiger partial charge in [-0.15, -0.1) is 0 Å². The van der Waals surface area contributed by atoms with E-state index in [9.17, 15) is 22.4 Å². The Kier molecular flexibility index (Phi) is 9.52. The van der Waals surface area contributed by atoms with E-state index in [2.05, 4.69) is 9.44 Å². The van der Waals surface area contributed by atoms with Crippen molar-refractivity contribution in [3.8, 4) is 5.75 Å². The van der Waals surface area contributed by atoms with Crippen molar-refractivity contribution in [2.75, 3.05) is 25.9 Å². The Hall–Kier alpha value is -2.15. The maximum Gasteiger partial charge on any atom is 0.414 e. The monoisotopic (exact) mass is 520 g/mol. The second kappa shape index (κ2) is 11.5. The van der Waals surface area contributed by atoms with E-state index >= 15 is 0 Å². The zero-order valence-electron chi connectivity index (χ0n) is 18.9. The molecule has 0 saturated heterocycles. The summed E-state index contributed by atoms with van der Waals surface area (Å²) in [5, 5.41) is 0.296. The van der Waals surface area contributed by atoms with E-state index in [0.717, 1.165) is 0 Å². The molecule has 0 aliphatic rings. The van der Waals surface area contributed by atoms with Gasteiger partial charge in [-0.3, -0.25) is 4.72 Å². The Morgan fingerprint density at radius 3 is 2.53 bits per heavy atom. The smallest absolute Gasteiger partial charge is 0.414 e. The number of ether oxygens (including phenoxy) is 1. The van der Waals surface area contributed by atoms with E-state index in [1.54, 1.807) is 12.1 Å². The number of nitrogens with zero attached hydrogens (tertiary/aromatic N) is 1. The molecule has 1 radical (unpaired) electrons. The standard InChI is InChI=1S/C21H21ClFN3O6S.Na/c1-24-33(29,30)25-13-6-4-5-12(7-13)8-15-16(11-23)14-9-17(22)19(32-21(28)26(2)3)10-18(14)31-20(15)27;/h4-7,9-10,24-25H,8,11H2,1-3H3;. The summed E-state index contributed by atoms with van der Waals surface area (Å²) in [5.74, 6) is -0.0342. The number of anilines is 1. The molecule has 34 heavy (non-hydrogen) atoms. The minimum atomic E-state index is -3.73. The Morgan fingerprint density at radius 2 is 1.91 bits per heavy atom. The van der Waals surface area contributed by atoms with Crippen molar-refractivity contribution in [1.82, 2.24) is 9.62 Å². The van der Waals surface area contributed by atoms with Crippen molar-refractivity contribution in [2.45, 2.75) is 13.1 Å². The third-order valence-electron chi connectivity index (χ3n) is 4.70. The van der Waals surface area contributed by atoms with Gasteiger partial charge >= 0.3 is 11.7 Å². The average molecular weight is 521 g/mol. The number of halogens is 2. The Bertz CT molecular complexity index is 1380. The fourth-order valence-corrected chi connectivity index (χ4v) is 3.79. The van der Waals surface area contributed by atoms with Crippen molar-refractivity contribution in [2.24, 2.45) is 0 Å². The number of nitrogens with one attached hydrogen (secondary N) is 2. The van der Waals surface area contributed by atoms with Crippen molar-refractivity contribution in [3.63, 3.8) is 0 Å².